The van der Waals surface area contributed by atoms with Crippen LogP contribution in [-0.2, 0) is 0 Å². The van der Waals surface area contributed by atoms with E-state index in [9.17, 15) is 4.79 Å². The molecule has 1 saturated carbocycles. The lowest BCUT2D eigenvalue weighted by atomic mass is 9.80. The Balaban J connectivity index is 1.86. The van der Waals surface area contributed by atoms with Crippen LogP contribution in [0.3, 0.4) is 0 Å². The molecular formula is C17H14Br2O. The SMILES string of the molecule is O=C(c1ccc(C2CCC2)cc1)c1cc(Br)cc(Br)c1. The van der Waals surface area contributed by atoms with Crippen molar-refractivity contribution < 1.29 is 4.79 Å². The maximum atomic E-state index is 12.5. The second-order valence-electron chi connectivity index (χ2n) is 5.24. The molecule has 3 heteroatoms. The lowest BCUT2D eigenvalue weighted by Gasteiger charge is -2.25. The molecule has 1 aliphatic carbocycles. The number of carbonyl (C=O) groups excluding carboxylic acids is 1. The summed E-state index contributed by atoms with van der Waals surface area (Å²) in [5.74, 6) is 0.770. The highest BCUT2D eigenvalue weighted by Gasteiger charge is 2.19. The third kappa shape index (κ3) is 2.89. The smallest absolute Gasteiger partial charge is 0.193 e. The minimum Gasteiger partial charge on any atom is -0.289 e. The third-order valence-electron chi connectivity index (χ3n) is 3.87. The van der Waals surface area contributed by atoms with Crippen molar-refractivity contribution in [1.29, 1.82) is 0 Å². The van der Waals surface area contributed by atoms with Crippen LogP contribution in [0, 0.1) is 0 Å². The molecule has 2 aromatic rings. The van der Waals surface area contributed by atoms with E-state index in [1.807, 2.05) is 30.3 Å². The maximum absolute atomic E-state index is 12.5. The van der Waals surface area contributed by atoms with Crippen molar-refractivity contribution in [2.24, 2.45) is 0 Å². The molecule has 0 saturated heterocycles. The Labute approximate surface area is 135 Å². The van der Waals surface area contributed by atoms with Crippen LogP contribution in [0.15, 0.2) is 51.4 Å². The molecule has 0 radical (unpaired) electrons. The van der Waals surface area contributed by atoms with Crippen LogP contribution in [0.2, 0.25) is 0 Å². The minimum absolute atomic E-state index is 0.0622. The number of rotatable bonds is 3. The van der Waals surface area contributed by atoms with E-state index in [1.54, 1.807) is 0 Å². The molecule has 0 bridgehead atoms. The van der Waals surface area contributed by atoms with Crippen LogP contribution in [0.25, 0.3) is 0 Å². The molecule has 0 aliphatic heterocycles. The number of carbonyl (C=O) groups is 1. The summed E-state index contributed by atoms with van der Waals surface area (Å²) in [5.41, 5.74) is 2.81. The fourth-order valence-electron chi connectivity index (χ4n) is 2.50. The summed E-state index contributed by atoms with van der Waals surface area (Å²) in [7, 11) is 0. The molecule has 102 valence electrons. The fraction of sp³-hybridized carbons (Fsp3) is 0.235. The van der Waals surface area contributed by atoms with Gasteiger partial charge in [0, 0.05) is 20.1 Å². The number of ketones is 1. The average molecular weight is 394 g/mol. The molecule has 0 amide bonds. The minimum atomic E-state index is 0.0622. The van der Waals surface area contributed by atoms with Gasteiger partial charge in [-0.1, -0.05) is 62.5 Å². The largest absolute Gasteiger partial charge is 0.289 e. The van der Waals surface area contributed by atoms with Crippen LogP contribution in [0.5, 0.6) is 0 Å². The van der Waals surface area contributed by atoms with Gasteiger partial charge in [0.15, 0.2) is 5.78 Å². The molecule has 1 aliphatic rings. The average Bonchev–Trinajstić information content (AvgIpc) is 2.35. The van der Waals surface area contributed by atoms with Crippen molar-refractivity contribution in [2.45, 2.75) is 25.2 Å². The van der Waals surface area contributed by atoms with Gasteiger partial charge in [0.25, 0.3) is 0 Å². The number of hydrogen-bond donors (Lipinski definition) is 0. The molecule has 0 spiro atoms. The topological polar surface area (TPSA) is 17.1 Å². The van der Waals surface area contributed by atoms with E-state index < -0.39 is 0 Å². The molecule has 20 heavy (non-hydrogen) atoms. The summed E-state index contributed by atoms with van der Waals surface area (Å²) in [6.07, 6.45) is 3.90. The number of hydrogen-bond acceptors (Lipinski definition) is 1. The van der Waals surface area contributed by atoms with Gasteiger partial charge in [-0.25, -0.2) is 0 Å². The lowest BCUT2D eigenvalue weighted by Crippen LogP contribution is -2.09. The van der Waals surface area contributed by atoms with Gasteiger partial charge in [-0.15, -0.1) is 0 Å². The molecule has 1 fully saturated rings. The van der Waals surface area contributed by atoms with Gasteiger partial charge in [-0.05, 0) is 42.5 Å². The van der Waals surface area contributed by atoms with Gasteiger partial charge in [0.1, 0.15) is 0 Å². The van der Waals surface area contributed by atoms with Gasteiger partial charge < -0.3 is 0 Å². The second kappa shape index (κ2) is 5.82. The van der Waals surface area contributed by atoms with Crippen molar-refractivity contribution in [3.05, 3.63) is 68.1 Å². The molecule has 1 nitrogen and oxygen atoms in total. The van der Waals surface area contributed by atoms with Crippen molar-refractivity contribution in [3.63, 3.8) is 0 Å². The van der Waals surface area contributed by atoms with Crippen LogP contribution in [-0.4, -0.2) is 5.78 Å². The first-order valence-corrected chi connectivity index (χ1v) is 8.33. The van der Waals surface area contributed by atoms with E-state index >= 15 is 0 Å². The van der Waals surface area contributed by atoms with E-state index in [-0.39, 0.29) is 5.78 Å². The summed E-state index contributed by atoms with van der Waals surface area (Å²) >= 11 is 6.84. The van der Waals surface area contributed by atoms with Crippen LogP contribution < -0.4 is 0 Å². The van der Waals surface area contributed by atoms with Crippen LogP contribution in [0.4, 0.5) is 0 Å². The third-order valence-corrected chi connectivity index (χ3v) is 4.79. The number of benzene rings is 2. The summed E-state index contributed by atoms with van der Waals surface area (Å²) < 4.78 is 1.81. The van der Waals surface area contributed by atoms with E-state index in [0.29, 0.717) is 11.5 Å². The van der Waals surface area contributed by atoms with Crippen molar-refractivity contribution in [3.8, 4) is 0 Å². The molecule has 3 rings (SSSR count). The Morgan fingerprint density at radius 1 is 0.900 bits per heavy atom. The standard InChI is InChI=1S/C17H14Br2O/c18-15-8-14(9-16(19)10-15)17(20)13-6-4-12(5-7-13)11-2-1-3-11/h4-11H,1-3H2. The molecule has 0 heterocycles. The quantitative estimate of drug-likeness (QED) is 0.610. The van der Waals surface area contributed by atoms with Crippen molar-refractivity contribution in [2.75, 3.05) is 0 Å². The Bertz CT molecular complexity index is 622. The first-order valence-electron chi connectivity index (χ1n) is 6.74. The van der Waals surface area contributed by atoms with E-state index in [1.165, 1.54) is 24.8 Å². The predicted molar refractivity (Wildman–Crippen MR) is 88.3 cm³/mol. The Hall–Kier alpha value is -0.930. The van der Waals surface area contributed by atoms with Crippen molar-refractivity contribution >= 4 is 37.6 Å². The molecule has 0 unspecified atom stereocenters. The second-order valence-corrected chi connectivity index (χ2v) is 7.07. The molecule has 0 aromatic heterocycles. The Morgan fingerprint density at radius 2 is 1.50 bits per heavy atom. The maximum Gasteiger partial charge on any atom is 0.193 e. The van der Waals surface area contributed by atoms with Crippen LogP contribution in [0.1, 0.15) is 46.7 Å². The summed E-state index contributed by atoms with van der Waals surface area (Å²) in [5, 5.41) is 0. The number of halogens is 2. The Kier molecular flexibility index (Phi) is 4.08. The zero-order valence-corrected chi connectivity index (χ0v) is 14.1. The zero-order chi connectivity index (χ0) is 14.1. The van der Waals surface area contributed by atoms with Gasteiger partial charge in [0.05, 0.1) is 0 Å². The normalized spacial score (nSPS) is 14.9. The predicted octanol–water partition coefficient (Wildman–Crippen LogP) is 5.71. The summed E-state index contributed by atoms with van der Waals surface area (Å²) in [4.78, 5) is 12.5. The van der Waals surface area contributed by atoms with E-state index in [4.69, 9.17) is 0 Å². The molecule has 0 atom stereocenters. The van der Waals surface area contributed by atoms with Gasteiger partial charge >= 0.3 is 0 Å². The van der Waals surface area contributed by atoms with Gasteiger partial charge in [-0.2, -0.15) is 0 Å². The van der Waals surface area contributed by atoms with Gasteiger partial charge in [0.2, 0.25) is 0 Å². The van der Waals surface area contributed by atoms with Gasteiger partial charge in [-0.3, -0.25) is 4.79 Å². The first-order chi connectivity index (χ1) is 9.63. The lowest BCUT2D eigenvalue weighted by molar-refractivity contribution is 0.103. The highest BCUT2D eigenvalue weighted by Crippen LogP contribution is 2.36. The van der Waals surface area contributed by atoms with E-state index in [2.05, 4.69) is 44.0 Å². The first kappa shape index (κ1) is 14.0. The summed E-state index contributed by atoms with van der Waals surface area (Å²) in [6.45, 7) is 0. The monoisotopic (exact) mass is 392 g/mol. The molecular weight excluding hydrogens is 380 g/mol. The zero-order valence-electron chi connectivity index (χ0n) is 10.9. The molecule has 0 N–H and O–H groups in total. The van der Waals surface area contributed by atoms with Crippen molar-refractivity contribution in [1.82, 2.24) is 0 Å². The fourth-order valence-corrected chi connectivity index (χ4v) is 3.79. The summed E-state index contributed by atoms with van der Waals surface area (Å²) in [6, 6.07) is 13.7. The highest BCUT2D eigenvalue weighted by molar-refractivity contribution is 9.11. The van der Waals surface area contributed by atoms with Crippen LogP contribution >= 0.6 is 31.9 Å². The molecule has 2 aromatic carbocycles. The Morgan fingerprint density at radius 3 is 2.00 bits per heavy atom. The highest BCUT2D eigenvalue weighted by atomic mass is 79.9. The van der Waals surface area contributed by atoms with E-state index in [0.717, 1.165) is 14.5 Å².